The van der Waals surface area contributed by atoms with E-state index in [-0.39, 0.29) is 0 Å². The van der Waals surface area contributed by atoms with Gasteiger partial charge in [0.15, 0.2) is 17.1 Å². The van der Waals surface area contributed by atoms with Gasteiger partial charge in [0.25, 0.3) is 0 Å². The molecule has 3 nitrogen and oxygen atoms in total. The molecule has 0 spiro atoms. The Hall–Kier alpha value is -2.27. The maximum atomic E-state index is 10.7. The molecule has 0 bridgehead atoms. The van der Waals surface area contributed by atoms with Crippen LogP contribution in [0.25, 0.3) is 0 Å². The van der Waals surface area contributed by atoms with Crippen molar-refractivity contribution in [2.45, 2.75) is 5.51 Å². The fourth-order valence-electron chi connectivity index (χ4n) is 3.41. The second-order valence-corrected chi connectivity index (χ2v) is 17.1. The van der Waals surface area contributed by atoms with Crippen LogP contribution in [-0.2, 0) is 10.1 Å². The van der Waals surface area contributed by atoms with Gasteiger partial charge in [0, 0.05) is 5.30 Å². The molecule has 182 valence electrons. The number of rotatable bonds is 5. The Balaban J connectivity index is 0.000000371. The SMILES string of the molecule is Cl[P@@](c1ccccc1)[P+](c1ccccc1)(c1ccccc1)c1ccccc1.O=S(=O)([O-])C(F)(F)F. The van der Waals surface area contributed by atoms with Crippen LogP contribution >= 0.6 is 25.2 Å². The summed E-state index contributed by atoms with van der Waals surface area (Å²) in [4.78, 5) is 0. The average molecular weight is 555 g/mol. The van der Waals surface area contributed by atoms with E-state index in [1.807, 2.05) is 0 Å². The van der Waals surface area contributed by atoms with Gasteiger partial charge in [-0.15, -0.1) is 0 Å². The van der Waals surface area contributed by atoms with Crippen LogP contribution in [0, 0.1) is 0 Å². The predicted octanol–water partition coefficient (Wildman–Crippen LogP) is 5.91. The molecule has 0 saturated carbocycles. The Kier molecular flexibility index (Phi) is 9.09. The highest BCUT2D eigenvalue weighted by atomic mass is 35.7. The van der Waals surface area contributed by atoms with E-state index in [4.69, 9.17) is 24.2 Å². The first-order valence-electron chi connectivity index (χ1n) is 10.2. The van der Waals surface area contributed by atoms with E-state index in [9.17, 15) is 13.2 Å². The number of halogens is 4. The van der Waals surface area contributed by atoms with Crippen LogP contribution in [0.5, 0.6) is 0 Å². The van der Waals surface area contributed by atoms with Crippen LogP contribution in [0.3, 0.4) is 0 Å². The number of alkyl halides is 3. The lowest BCUT2D eigenvalue weighted by atomic mass is 10.4. The molecule has 4 aromatic carbocycles. The molecule has 0 aliphatic carbocycles. The molecule has 0 aromatic heterocycles. The number of hydrogen-bond acceptors (Lipinski definition) is 3. The first-order chi connectivity index (χ1) is 16.6. The summed E-state index contributed by atoms with van der Waals surface area (Å²) in [6, 6.07) is 43.0. The van der Waals surface area contributed by atoms with Crippen LogP contribution in [0.1, 0.15) is 0 Å². The van der Waals surface area contributed by atoms with E-state index < -0.39 is 29.5 Å². The average Bonchev–Trinajstić information content (AvgIpc) is 2.86. The molecule has 0 heterocycles. The van der Waals surface area contributed by atoms with Crippen molar-refractivity contribution in [3.63, 3.8) is 0 Å². The third-order valence-corrected chi connectivity index (χ3v) is 16.8. The van der Waals surface area contributed by atoms with E-state index in [1.165, 1.54) is 21.2 Å². The molecular weight excluding hydrogens is 535 g/mol. The molecule has 4 rings (SSSR count). The minimum absolute atomic E-state index is 0.969. The van der Waals surface area contributed by atoms with Crippen LogP contribution < -0.4 is 21.2 Å². The first-order valence-corrected chi connectivity index (χ1v) is 16.3. The topological polar surface area (TPSA) is 57.2 Å². The third kappa shape index (κ3) is 6.30. The summed E-state index contributed by atoms with van der Waals surface area (Å²) >= 11 is 7.45. The van der Waals surface area contributed by atoms with Gasteiger partial charge in [-0.2, -0.15) is 13.2 Å². The fraction of sp³-hybridized carbons (Fsp3) is 0.0400. The van der Waals surface area contributed by atoms with Crippen molar-refractivity contribution in [2.75, 3.05) is 0 Å². The van der Waals surface area contributed by atoms with E-state index in [0.717, 1.165) is 0 Å². The molecule has 0 radical (unpaired) electrons. The summed E-state index contributed by atoms with van der Waals surface area (Å²) in [7, 11) is -6.09. The van der Waals surface area contributed by atoms with E-state index in [2.05, 4.69) is 121 Å². The molecule has 0 aliphatic rings. The predicted molar refractivity (Wildman–Crippen MR) is 140 cm³/mol. The zero-order valence-corrected chi connectivity index (χ0v) is 21.4. The molecule has 0 aliphatic heterocycles. The van der Waals surface area contributed by atoms with Crippen LogP contribution in [0.15, 0.2) is 121 Å². The van der Waals surface area contributed by atoms with Gasteiger partial charge in [-0.3, -0.25) is 0 Å². The lowest BCUT2D eigenvalue weighted by Gasteiger charge is -2.30. The summed E-state index contributed by atoms with van der Waals surface area (Å²) in [5, 5.41) is 5.20. The van der Waals surface area contributed by atoms with Crippen molar-refractivity contribution in [2.24, 2.45) is 0 Å². The molecule has 4 aromatic rings. The maximum absolute atomic E-state index is 10.7. The number of hydrogen-bond donors (Lipinski definition) is 0. The van der Waals surface area contributed by atoms with Crippen LogP contribution in [-0.4, -0.2) is 18.5 Å². The zero-order valence-electron chi connectivity index (χ0n) is 18.1. The van der Waals surface area contributed by atoms with Crippen LogP contribution in [0.4, 0.5) is 13.2 Å². The standard InChI is InChI=1S/C24H20ClP2.CHF3O3S/c25-26(21-13-5-1-6-14-21)27(22-15-7-2-8-16-22,23-17-9-3-10-18-23)24-19-11-4-12-20-24;2-1(3,4)8(5,6)7/h1-20H;(H,5,6,7)/q+1;/p-1/t26-;/m1./s1. The Labute approximate surface area is 209 Å². The normalized spacial score (nSPS) is 12.8. The molecule has 35 heavy (non-hydrogen) atoms. The highest BCUT2D eigenvalue weighted by molar-refractivity contribution is 8.58. The summed E-state index contributed by atoms with van der Waals surface area (Å²) in [5.74, 6) is 0. The smallest absolute Gasteiger partial charge is 0.485 e. The summed E-state index contributed by atoms with van der Waals surface area (Å²) in [6.45, 7) is -3.00. The van der Waals surface area contributed by atoms with Crippen molar-refractivity contribution >= 4 is 56.5 Å². The lowest BCUT2D eigenvalue weighted by Crippen LogP contribution is -2.30. The van der Waals surface area contributed by atoms with E-state index in [1.54, 1.807) is 0 Å². The Bertz CT molecular complexity index is 1210. The highest BCUT2D eigenvalue weighted by Gasteiger charge is 2.53. The molecule has 0 fully saturated rings. The van der Waals surface area contributed by atoms with Gasteiger partial charge in [-0.05, 0) is 59.8 Å². The van der Waals surface area contributed by atoms with Gasteiger partial charge in [-0.25, -0.2) is 8.42 Å². The highest BCUT2D eigenvalue weighted by Crippen LogP contribution is 2.83. The van der Waals surface area contributed by atoms with Gasteiger partial charge in [-0.1, -0.05) is 72.8 Å². The Morgan fingerprint density at radius 3 is 1.14 bits per heavy atom. The number of benzene rings is 4. The van der Waals surface area contributed by atoms with Crippen molar-refractivity contribution in [1.82, 2.24) is 0 Å². The molecular formula is C25H20ClF3O3P2S. The zero-order chi connectivity index (χ0) is 25.5. The maximum Gasteiger partial charge on any atom is 0.485 e. The molecule has 0 saturated heterocycles. The minimum atomic E-state index is -6.09. The molecule has 1 atom stereocenters. The summed E-state index contributed by atoms with van der Waals surface area (Å²) < 4.78 is 58.9. The van der Waals surface area contributed by atoms with Gasteiger partial charge in [0.1, 0.15) is 22.9 Å². The van der Waals surface area contributed by atoms with Crippen molar-refractivity contribution in [3.8, 4) is 0 Å². The minimum Gasteiger partial charge on any atom is -0.741 e. The van der Waals surface area contributed by atoms with Crippen molar-refractivity contribution in [1.29, 1.82) is 0 Å². The molecule has 0 amide bonds. The van der Waals surface area contributed by atoms with Gasteiger partial charge >= 0.3 is 5.51 Å². The van der Waals surface area contributed by atoms with Crippen molar-refractivity contribution < 1.29 is 26.1 Å². The largest absolute Gasteiger partial charge is 0.741 e. The Morgan fingerprint density at radius 1 is 0.629 bits per heavy atom. The summed E-state index contributed by atoms with van der Waals surface area (Å²) in [5.41, 5.74) is -5.65. The third-order valence-electron chi connectivity index (χ3n) is 4.91. The van der Waals surface area contributed by atoms with Gasteiger partial charge in [0.2, 0.25) is 0 Å². The fourth-order valence-corrected chi connectivity index (χ4v) is 14.6. The molecule has 10 heteroatoms. The Morgan fingerprint density at radius 2 is 0.886 bits per heavy atom. The van der Waals surface area contributed by atoms with Gasteiger partial charge < -0.3 is 4.55 Å². The summed E-state index contributed by atoms with van der Waals surface area (Å²) in [6.07, 6.45) is 0. The molecule has 0 N–H and O–H groups in total. The van der Waals surface area contributed by atoms with E-state index >= 15 is 0 Å². The first kappa shape index (κ1) is 27.3. The monoisotopic (exact) mass is 554 g/mol. The van der Waals surface area contributed by atoms with Crippen LogP contribution in [0.2, 0.25) is 0 Å². The molecule has 0 unspecified atom stereocenters. The quantitative estimate of drug-likeness (QED) is 0.175. The van der Waals surface area contributed by atoms with Gasteiger partial charge in [0.05, 0.1) is 0 Å². The van der Waals surface area contributed by atoms with Crippen molar-refractivity contribution in [3.05, 3.63) is 121 Å². The second kappa shape index (κ2) is 11.6. The second-order valence-electron chi connectivity index (χ2n) is 7.14. The van der Waals surface area contributed by atoms with E-state index in [0.29, 0.717) is 0 Å². The lowest BCUT2D eigenvalue weighted by molar-refractivity contribution is -0.0517.